The molecule has 1 aliphatic heterocycles. The number of nitrogens with zero attached hydrogens (tertiary/aromatic N) is 1. The van der Waals surface area contributed by atoms with Crippen LogP contribution in [0, 0.1) is 11.2 Å². The molecule has 0 saturated heterocycles. The van der Waals surface area contributed by atoms with Crippen LogP contribution < -0.4 is 10.6 Å². The molecule has 20 heavy (non-hydrogen) atoms. The molecule has 3 rings (SSSR count). The van der Waals surface area contributed by atoms with Gasteiger partial charge in [0.15, 0.2) is 0 Å². The van der Waals surface area contributed by atoms with E-state index in [-0.39, 0.29) is 11.7 Å². The van der Waals surface area contributed by atoms with Gasteiger partial charge in [-0.2, -0.15) is 0 Å². The summed E-state index contributed by atoms with van der Waals surface area (Å²) in [6.45, 7) is 1.65. The van der Waals surface area contributed by atoms with Crippen molar-refractivity contribution in [1.29, 1.82) is 5.41 Å². The SMILES string of the molecule is N=C(N)c1ccc(CN2CCc3ccc(F)cc32)cc1. The first-order valence-electron chi connectivity index (χ1n) is 6.60. The Labute approximate surface area is 117 Å². The third kappa shape index (κ3) is 2.37. The van der Waals surface area contributed by atoms with Gasteiger partial charge >= 0.3 is 0 Å². The van der Waals surface area contributed by atoms with Crippen LogP contribution in [0.1, 0.15) is 16.7 Å². The molecule has 0 atom stereocenters. The van der Waals surface area contributed by atoms with E-state index in [1.54, 1.807) is 6.07 Å². The number of amidine groups is 1. The molecule has 1 heterocycles. The van der Waals surface area contributed by atoms with Crippen LogP contribution in [-0.2, 0) is 13.0 Å². The monoisotopic (exact) mass is 269 g/mol. The zero-order chi connectivity index (χ0) is 14.1. The molecular formula is C16H16FN3. The van der Waals surface area contributed by atoms with Gasteiger partial charge in [-0.1, -0.05) is 30.3 Å². The normalized spacial score (nSPS) is 13.3. The van der Waals surface area contributed by atoms with Crippen molar-refractivity contribution in [3.05, 3.63) is 65.0 Å². The van der Waals surface area contributed by atoms with Crippen molar-refractivity contribution in [1.82, 2.24) is 0 Å². The van der Waals surface area contributed by atoms with Gasteiger partial charge in [-0.05, 0) is 29.7 Å². The summed E-state index contributed by atoms with van der Waals surface area (Å²) in [7, 11) is 0. The molecule has 3 N–H and O–H groups in total. The largest absolute Gasteiger partial charge is 0.384 e. The number of nitrogens with two attached hydrogens (primary N) is 1. The molecule has 0 unspecified atom stereocenters. The molecule has 2 aromatic rings. The first-order chi connectivity index (χ1) is 9.63. The molecule has 0 aromatic heterocycles. The predicted molar refractivity (Wildman–Crippen MR) is 78.6 cm³/mol. The Hall–Kier alpha value is -2.36. The molecule has 2 aromatic carbocycles. The Balaban J connectivity index is 1.80. The number of fused-ring (bicyclic) bond motifs is 1. The zero-order valence-electron chi connectivity index (χ0n) is 11.1. The van der Waals surface area contributed by atoms with E-state index >= 15 is 0 Å². The highest BCUT2D eigenvalue weighted by Gasteiger charge is 2.19. The van der Waals surface area contributed by atoms with E-state index in [4.69, 9.17) is 11.1 Å². The van der Waals surface area contributed by atoms with E-state index in [0.29, 0.717) is 0 Å². The van der Waals surface area contributed by atoms with Gasteiger partial charge in [0.05, 0.1) is 0 Å². The van der Waals surface area contributed by atoms with Crippen molar-refractivity contribution in [3.8, 4) is 0 Å². The minimum Gasteiger partial charge on any atom is -0.384 e. The van der Waals surface area contributed by atoms with Crippen molar-refractivity contribution in [2.75, 3.05) is 11.4 Å². The van der Waals surface area contributed by atoms with Crippen LogP contribution in [0.25, 0.3) is 0 Å². The van der Waals surface area contributed by atoms with Gasteiger partial charge < -0.3 is 10.6 Å². The molecule has 102 valence electrons. The Bertz CT molecular complexity index is 649. The summed E-state index contributed by atoms with van der Waals surface area (Å²) in [5.41, 5.74) is 9.48. The van der Waals surface area contributed by atoms with Crippen LogP contribution in [0.3, 0.4) is 0 Å². The number of hydrogen-bond donors (Lipinski definition) is 2. The molecule has 0 aliphatic carbocycles. The molecule has 0 radical (unpaired) electrons. The zero-order valence-corrected chi connectivity index (χ0v) is 11.1. The second kappa shape index (κ2) is 4.96. The van der Waals surface area contributed by atoms with Gasteiger partial charge in [0, 0.05) is 24.3 Å². The fourth-order valence-corrected chi connectivity index (χ4v) is 2.59. The van der Waals surface area contributed by atoms with E-state index in [2.05, 4.69) is 4.90 Å². The van der Waals surface area contributed by atoms with Gasteiger partial charge in [0.2, 0.25) is 0 Å². The first-order valence-corrected chi connectivity index (χ1v) is 6.60. The van der Waals surface area contributed by atoms with E-state index in [1.165, 1.54) is 11.6 Å². The highest BCUT2D eigenvalue weighted by Crippen LogP contribution is 2.29. The van der Waals surface area contributed by atoms with E-state index in [9.17, 15) is 4.39 Å². The lowest BCUT2D eigenvalue weighted by Crippen LogP contribution is -2.20. The number of nitrogen functional groups attached to an aromatic ring is 1. The van der Waals surface area contributed by atoms with Gasteiger partial charge in [-0.3, -0.25) is 5.41 Å². The molecule has 0 bridgehead atoms. The number of rotatable bonds is 3. The van der Waals surface area contributed by atoms with E-state index in [1.807, 2.05) is 30.3 Å². The van der Waals surface area contributed by atoms with Crippen molar-refractivity contribution < 1.29 is 4.39 Å². The summed E-state index contributed by atoms with van der Waals surface area (Å²) in [5.74, 6) is -0.118. The van der Waals surface area contributed by atoms with E-state index < -0.39 is 0 Å². The second-order valence-corrected chi connectivity index (χ2v) is 5.06. The number of anilines is 1. The average molecular weight is 269 g/mol. The minimum absolute atomic E-state index is 0.0742. The molecule has 3 nitrogen and oxygen atoms in total. The maximum Gasteiger partial charge on any atom is 0.125 e. The van der Waals surface area contributed by atoms with Crippen LogP contribution in [0.2, 0.25) is 0 Å². The minimum atomic E-state index is -0.192. The maximum absolute atomic E-state index is 13.4. The number of hydrogen-bond acceptors (Lipinski definition) is 2. The van der Waals surface area contributed by atoms with Crippen molar-refractivity contribution in [2.45, 2.75) is 13.0 Å². The number of halogens is 1. The maximum atomic E-state index is 13.4. The quantitative estimate of drug-likeness (QED) is 0.665. The van der Waals surface area contributed by atoms with E-state index in [0.717, 1.165) is 36.3 Å². The standard InChI is InChI=1S/C16H16FN3/c17-14-6-5-12-7-8-20(15(12)9-14)10-11-1-3-13(4-2-11)16(18)19/h1-6,9H,7-8,10H2,(H3,18,19). The topological polar surface area (TPSA) is 53.1 Å². The fraction of sp³-hybridized carbons (Fsp3) is 0.188. The second-order valence-electron chi connectivity index (χ2n) is 5.06. The van der Waals surface area contributed by atoms with Gasteiger partial charge in [-0.25, -0.2) is 4.39 Å². The Kier molecular flexibility index (Phi) is 3.14. The lowest BCUT2D eigenvalue weighted by atomic mass is 10.1. The molecule has 4 heteroatoms. The van der Waals surface area contributed by atoms with Crippen molar-refractivity contribution in [3.63, 3.8) is 0 Å². The molecule has 0 amide bonds. The Morgan fingerprint density at radius 1 is 1.20 bits per heavy atom. The smallest absolute Gasteiger partial charge is 0.125 e. The molecule has 0 fully saturated rings. The van der Waals surface area contributed by atoms with Crippen LogP contribution >= 0.6 is 0 Å². The molecule has 0 spiro atoms. The van der Waals surface area contributed by atoms with Crippen molar-refractivity contribution >= 4 is 11.5 Å². The van der Waals surface area contributed by atoms with Gasteiger partial charge in [-0.15, -0.1) is 0 Å². The summed E-state index contributed by atoms with van der Waals surface area (Å²) in [6, 6.07) is 12.6. The molecular weight excluding hydrogens is 253 g/mol. The molecule has 1 aliphatic rings. The first kappa shape index (κ1) is 12.7. The summed E-state index contributed by atoms with van der Waals surface area (Å²) in [4.78, 5) is 2.18. The fourth-order valence-electron chi connectivity index (χ4n) is 2.59. The van der Waals surface area contributed by atoms with Gasteiger partial charge in [0.25, 0.3) is 0 Å². The summed E-state index contributed by atoms with van der Waals surface area (Å²) < 4.78 is 13.4. The number of benzene rings is 2. The highest BCUT2D eigenvalue weighted by atomic mass is 19.1. The Morgan fingerprint density at radius 2 is 1.95 bits per heavy atom. The Morgan fingerprint density at radius 3 is 2.65 bits per heavy atom. The third-order valence-electron chi connectivity index (χ3n) is 3.68. The lowest BCUT2D eigenvalue weighted by molar-refractivity contribution is 0.627. The third-order valence-corrected chi connectivity index (χ3v) is 3.68. The number of nitrogens with one attached hydrogen (secondary N) is 1. The predicted octanol–water partition coefficient (Wildman–Crippen LogP) is 2.67. The van der Waals surface area contributed by atoms with Crippen LogP contribution in [-0.4, -0.2) is 12.4 Å². The van der Waals surface area contributed by atoms with Crippen LogP contribution in [0.15, 0.2) is 42.5 Å². The molecule has 0 saturated carbocycles. The summed E-state index contributed by atoms with van der Waals surface area (Å²) in [5, 5.41) is 7.38. The highest BCUT2D eigenvalue weighted by molar-refractivity contribution is 5.94. The summed E-state index contributed by atoms with van der Waals surface area (Å²) in [6.07, 6.45) is 0.959. The lowest BCUT2D eigenvalue weighted by Gasteiger charge is -2.19. The average Bonchev–Trinajstić information content (AvgIpc) is 2.82. The van der Waals surface area contributed by atoms with Crippen LogP contribution in [0.5, 0.6) is 0 Å². The van der Waals surface area contributed by atoms with Crippen molar-refractivity contribution in [2.24, 2.45) is 5.73 Å². The summed E-state index contributed by atoms with van der Waals surface area (Å²) >= 11 is 0. The van der Waals surface area contributed by atoms with Gasteiger partial charge in [0.1, 0.15) is 11.7 Å². The van der Waals surface area contributed by atoms with Crippen LogP contribution in [0.4, 0.5) is 10.1 Å².